The molecule has 1 saturated carbocycles. The van der Waals surface area contributed by atoms with Crippen molar-refractivity contribution in [3.8, 4) is 0 Å². The molecule has 4 nitrogen and oxygen atoms in total. The Bertz CT molecular complexity index is 785. The standard InChI is InChI=1S/C26H41O4P/c1-6-7-8-9-10-11-14-20(3)25(27)30-31(29,23-15-12-13-16-23)26(28)24-21(4)17-19(2)18-22(24)5/h17-18,20,23H,6-16H2,1-5H3. The van der Waals surface area contributed by atoms with Crippen LogP contribution in [0.25, 0.3) is 0 Å². The molecule has 0 heterocycles. The molecule has 31 heavy (non-hydrogen) atoms. The van der Waals surface area contributed by atoms with E-state index in [1.54, 1.807) is 0 Å². The highest BCUT2D eigenvalue weighted by Crippen LogP contribution is 2.60. The molecule has 1 aromatic rings. The zero-order valence-electron chi connectivity index (χ0n) is 20.2. The molecule has 0 aromatic heterocycles. The van der Waals surface area contributed by atoms with Crippen molar-refractivity contribution in [3.05, 3.63) is 34.4 Å². The van der Waals surface area contributed by atoms with Gasteiger partial charge in [0.05, 0.1) is 11.6 Å². The fourth-order valence-corrected chi connectivity index (χ4v) is 7.49. The van der Waals surface area contributed by atoms with Crippen LogP contribution in [0, 0.1) is 26.7 Å². The third-order valence-electron chi connectivity index (χ3n) is 6.60. The fraction of sp³-hybridized carbons (Fsp3) is 0.692. The summed E-state index contributed by atoms with van der Waals surface area (Å²) in [6.07, 6.45) is 10.9. The Morgan fingerprint density at radius 1 is 1.00 bits per heavy atom. The number of hydrogen-bond acceptors (Lipinski definition) is 4. The number of rotatable bonds is 12. The quantitative estimate of drug-likeness (QED) is 0.241. The molecular formula is C26H41O4P. The smallest absolute Gasteiger partial charge is 0.321 e. The number of carbonyl (C=O) groups excluding carboxylic acids is 2. The third-order valence-corrected chi connectivity index (χ3v) is 9.32. The lowest BCUT2D eigenvalue weighted by Crippen LogP contribution is -2.22. The number of aryl methyl sites for hydroxylation is 3. The Hall–Kier alpha value is -1.41. The predicted octanol–water partition coefficient (Wildman–Crippen LogP) is 7.90. The fourth-order valence-electron chi connectivity index (χ4n) is 4.77. The van der Waals surface area contributed by atoms with Gasteiger partial charge in [0.25, 0.3) is 5.52 Å². The van der Waals surface area contributed by atoms with Gasteiger partial charge >= 0.3 is 13.3 Å². The molecule has 0 saturated heterocycles. The maximum Gasteiger partial charge on any atom is 0.321 e. The van der Waals surface area contributed by atoms with Crippen molar-refractivity contribution in [2.45, 2.75) is 111 Å². The second-order valence-electron chi connectivity index (χ2n) is 9.48. The first-order valence-electron chi connectivity index (χ1n) is 12.2. The van der Waals surface area contributed by atoms with Gasteiger partial charge in [0.15, 0.2) is 0 Å². The maximum absolute atomic E-state index is 14.1. The van der Waals surface area contributed by atoms with Gasteiger partial charge < -0.3 is 4.52 Å². The molecule has 0 radical (unpaired) electrons. The molecule has 0 N–H and O–H groups in total. The summed E-state index contributed by atoms with van der Waals surface area (Å²) in [6, 6.07) is 3.87. The summed E-state index contributed by atoms with van der Waals surface area (Å²) in [6.45, 7) is 9.75. The predicted molar refractivity (Wildman–Crippen MR) is 128 cm³/mol. The van der Waals surface area contributed by atoms with Crippen LogP contribution in [0.1, 0.15) is 112 Å². The molecule has 174 valence electrons. The topological polar surface area (TPSA) is 60.4 Å². The van der Waals surface area contributed by atoms with Crippen molar-refractivity contribution >= 4 is 18.9 Å². The lowest BCUT2D eigenvalue weighted by Gasteiger charge is -2.25. The molecule has 5 heteroatoms. The molecule has 1 aliphatic rings. The van der Waals surface area contributed by atoms with Crippen LogP contribution >= 0.6 is 7.37 Å². The zero-order valence-corrected chi connectivity index (χ0v) is 21.1. The molecule has 2 unspecified atom stereocenters. The van der Waals surface area contributed by atoms with Gasteiger partial charge in [0.1, 0.15) is 0 Å². The van der Waals surface area contributed by atoms with Crippen LogP contribution in [0.4, 0.5) is 0 Å². The molecule has 2 rings (SSSR count). The first-order chi connectivity index (χ1) is 14.7. The minimum atomic E-state index is -3.80. The molecule has 1 aromatic carbocycles. The summed E-state index contributed by atoms with van der Waals surface area (Å²) in [4.78, 5) is 26.5. The van der Waals surface area contributed by atoms with Crippen LogP contribution in [0.2, 0.25) is 0 Å². The van der Waals surface area contributed by atoms with Crippen molar-refractivity contribution in [1.82, 2.24) is 0 Å². The van der Waals surface area contributed by atoms with E-state index in [0.717, 1.165) is 42.4 Å². The van der Waals surface area contributed by atoms with E-state index in [9.17, 15) is 14.2 Å². The van der Waals surface area contributed by atoms with Gasteiger partial charge in [0.2, 0.25) is 0 Å². The van der Waals surface area contributed by atoms with E-state index in [2.05, 4.69) is 6.92 Å². The van der Waals surface area contributed by atoms with E-state index < -0.39 is 18.9 Å². The monoisotopic (exact) mass is 448 g/mol. The summed E-state index contributed by atoms with van der Waals surface area (Å²) < 4.78 is 19.8. The minimum Gasteiger partial charge on any atom is -0.405 e. The first-order valence-corrected chi connectivity index (χ1v) is 13.9. The van der Waals surface area contributed by atoms with E-state index >= 15 is 0 Å². The van der Waals surface area contributed by atoms with Gasteiger partial charge in [-0.3, -0.25) is 14.2 Å². The summed E-state index contributed by atoms with van der Waals surface area (Å²) in [5, 5.41) is 0. The number of hydrogen-bond donors (Lipinski definition) is 0. The van der Waals surface area contributed by atoms with E-state index in [1.807, 2.05) is 39.8 Å². The molecule has 0 spiro atoms. The van der Waals surface area contributed by atoms with Gasteiger partial charge in [-0.05, 0) is 51.2 Å². The lowest BCUT2D eigenvalue weighted by atomic mass is 10.0. The zero-order chi connectivity index (χ0) is 23.0. The molecule has 2 atom stereocenters. The maximum atomic E-state index is 14.1. The summed E-state index contributed by atoms with van der Waals surface area (Å²) in [5.74, 6) is -0.812. The van der Waals surface area contributed by atoms with Crippen molar-refractivity contribution in [2.24, 2.45) is 5.92 Å². The van der Waals surface area contributed by atoms with Gasteiger partial charge in [0, 0.05) is 5.56 Å². The van der Waals surface area contributed by atoms with E-state index in [0.29, 0.717) is 24.8 Å². The third kappa shape index (κ3) is 6.78. The van der Waals surface area contributed by atoms with Gasteiger partial charge in [-0.2, -0.15) is 0 Å². The summed E-state index contributed by atoms with van der Waals surface area (Å²) >= 11 is 0. The van der Waals surface area contributed by atoms with Crippen LogP contribution in [-0.2, 0) is 13.9 Å². The second kappa shape index (κ2) is 12.0. The second-order valence-corrected chi connectivity index (χ2v) is 12.0. The average molecular weight is 449 g/mol. The van der Waals surface area contributed by atoms with E-state index in [-0.39, 0.29) is 11.6 Å². The molecule has 0 amide bonds. The van der Waals surface area contributed by atoms with E-state index in [4.69, 9.17) is 4.52 Å². The summed E-state index contributed by atoms with van der Waals surface area (Å²) in [7, 11) is -3.80. The number of carbonyl (C=O) groups is 2. The van der Waals surface area contributed by atoms with Crippen LogP contribution in [0.3, 0.4) is 0 Å². The molecule has 1 aliphatic carbocycles. The largest absolute Gasteiger partial charge is 0.405 e. The molecule has 1 fully saturated rings. The molecule has 0 aliphatic heterocycles. The van der Waals surface area contributed by atoms with Crippen LogP contribution < -0.4 is 0 Å². The highest BCUT2D eigenvalue weighted by atomic mass is 31.2. The van der Waals surface area contributed by atoms with Crippen LogP contribution in [0.5, 0.6) is 0 Å². The van der Waals surface area contributed by atoms with Crippen molar-refractivity contribution in [3.63, 3.8) is 0 Å². The summed E-state index contributed by atoms with van der Waals surface area (Å²) in [5.41, 5.74) is 2.33. The normalized spacial score (nSPS) is 17.3. The average Bonchev–Trinajstić information content (AvgIpc) is 3.25. The van der Waals surface area contributed by atoms with Crippen molar-refractivity contribution in [1.29, 1.82) is 0 Å². The Kier molecular flexibility index (Phi) is 10.0. The first kappa shape index (κ1) is 25.8. The Morgan fingerprint density at radius 2 is 1.55 bits per heavy atom. The van der Waals surface area contributed by atoms with Gasteiger partial charge in [-0.25, -0.2) is 0 Å². The highest BCUT2D eigenvalue weighted by molar-refractivity contribution is 7.78. The van der Waals surface area contributed by atoms with Gasteiger partial charge in [-0.15, -0.1) is 0 Å². The SMILES string of the molecule is CCCCCCCCC(C)C(=O)OP(=O)(C(=O)c1c(C)cc(C)cc1C)C1CCCC1. The van der Waals surface area contributed by atoms with Crippen LogP contribution in [-0.4, -0.2) is 17.2 Å². The van der Waals surface area contributed by atoms with Gasteiger partial charge in [-0.1, -0.05) is 82.9 Å². The minimum absolute atomic E-state index is 0.339. The Morgan fingerprint density at radius 3 is 2.13 bits per heavy atom. The number of unbranched alkanes of at least 4 members (excludes halogenated alkanes) is 5. The van der Waals surface area contributed by atoms with Crippen molar-refractivity contribution < 1.29 is 18.7 Å². The highest BCUT2D eigenvalue weighted by Gasteiger charge is 2.47. The van der Waals surface area contributed by atoms with Crippen molar-refractivity contribution in [2.75, 3.05) is 0 Å². The Labute approximate surface area is 189 Å². The molecular weight excluding hydrogens is 407 g/mol. The van der Waals surface area contributed by atoms with Crippen LogP contribution in [0.15, 0.2) is 12.1 Å². The number of benzene rings is 1. The Balaban J connectivity index is 2.14. The lowest BCUT2D eigenvalue weighted by molar-refractivity contribution is -0.138. The molecule has 0 bridgehead atoms. The van der Waals surface area contributed by atoms with E-state index in [1.165, 1.54) is 25.7 Å².